The second-order valence-electron chi connectivity index (χ2n) is 6.10. The van der Waals surface area contributed by atoms with E-state index >= 15 is 0 Å². The summed E-state index contributed by atoms with van der Waals surface area (Å²) in [5.74, 6) is 0. The summed E-state index contributed by atoms with van der Waals surface area (Å²) in [6.45, 7) is 7.93. The molecule has 0 radical (unpaired) electrons. The molecule has 25 heavy (non-hydrogen) atoms. The van der Waals surface area contributed by atoms with Crippen LogP contribution in [0.4, 0.5) is 5.69 Å². The molecule has 3 nitrogen and oxygen atoms in total. The molecular weight excluding hydrogens is 330 g/mol. The zero-order valence-corrected chi connectivity index (χ0v) is 15.3. The minimum absolute atomic E-state index is 0.220. The zero-order valence-electron chi connectivity index (χ0n) is 14.4. The third-order valence-corrected chi connectivity index (χ3v) is 6.17. The molecule has 0 N–H and O–H groups in total. The summed E-state index contributed by atoms with van der Waals surface area (Å²) in [5, 5.41) is 1.92. The highest BCUT2D eigenvalue weighted by Gasteiger charge is 2.24. The Hall–Kier alpha value is -2.59. The van der Waals surface area contributed by atoms with E-state index in [4.69, 9.17) is 0 Å². The predicted molar refractivity (Wildman–Crippen MR) is 105 cm³/mol. The normalized spacial score (nSPS) is 11.4. The molecule has 0 bridgehead atoms. The van der Waals surface area contributed by atoms with Crippen LogP contribution in [0.15, 0.2) is 78.2 Å². The Bertz CT molecular complexity index is 1040. The van der Waals surface area contributed by atoms with Crippen molar-refractivity contribution < 1.29 is 8.42 Å². The van der Waals surface area contributed by atoms with Gasteiger partial charge >= 0.3 is 0 Å². The average molecular weight is 351 g/mol. The second-order valence-corrected chi connectivity index (χ2v) is 7.96. The van der Waals surface area contributed by atoms with Crippen molar-refractivity contribution in [2.24, 2.45) is 0 Å². The van der Waals surface area contributed by atoms with Gasteiger partial charge in [0.15, 0.2) is 0 Å². The Morgan fingerprint density at radius 1 is 0.920 bits per heavy atom. The second kappa shape index (κ2) is 6.73. The molecule has 0 atom stereocenters. The molecule has 0 aromatic heterocycles. The summed E-state index contributed by atoms with van der Waals surface area (Å²) in [7, 11) is -3.68. The topological polar surface area (TPSA) is 37.4 Å². The molecule has 128 valence electrons. The molecule has 0 fully saturated rings. The number of hydrogen-bond acceptors (Lipinski definition) is 2. The van der Waals surface area contributed by atoms with Gasteiger partial charge in [-0.05, 0) is 60.0 Å². The van der Waals surface area contributed by atoms with E-state index in [1.165, 1.54) is 4.31 Å². The fourth-order valence-corrected chi connectivity index (χ4v) is 4.26. The van der Waals surface area contributed by atoms with Crippen molar-refractivity contribution in [3.8, 4) is 0 Å². The van der Waals surface area contributed by atoms with E-state index in [-0.39, 0.29) is 11.4 Å². The molecular formula is C21H21NO2S. The van der Waals surface area contributed by atoms with Gasteiger partial charge in [0.2, 0.25) is 0 Å². The van der Waals surface area contributed by atoms with Crippen molar-refractivity contribution >= 4 is 26.5 Å². The number of sulfonamides is 1. The van der Waals surface area contributed by atoms with E-state index in [9.17, 15) is 8.42 Å². The lowest BCUT2D eigenvalue weighted by Gasteiger charge is -2.24. The third kappa shape index (κ3) is 3.30. The molecule has 4 heteroatoms. The Balaban J connectivity index is 2.12. The van der Waals surface area contributed by atoms with E-state index in [0.717, 1.165) is 21.9 Å². The number of fused-ring (bicyclic) bond motifs is 1. The average Bonchev–Trinajstić information content (AvgIpc) is 2.61. The largest absolute Gasteiger partial charge is 0.264 e. The van der Waals surface area contributed by atoms with E-state index < -0.39 is 10.0 Å². The first-order valence-corrected chi connectivity index (χ1v) is 9.57. The summed E-state index contributed by atoms with van der Waals surface area (Å²) in [6.07, 6.45) is 1.60. The van der Waals surface area contributed by atoms with E-state index in [0.29, 0.717) is 5.69 Å². The van der Waals surface area contributed by atoms with Crippen LogP contribution < -0.4 is 4.31 Å². The molecule has 0 unspecified atom stereocenters. The van der Waals surface area contributed by atoms with Gasteiger partial charge in [0, 0.05) is 0 Å². The molecule has 0 heterocycles. The lowest BCUT2D eigenvalue weighted by Crippen LogP contribution is -2.31. The van der Waals surface area contributed by atoms with Crippen molar-refractivity contribution in [1.82, 2.24) is 0 Å². The highest BCUT2D eigenvalue weighted by molar-refractivity contribution is 7.92. The predicted octanol–water partition coefficient (Wildman–Crippen LogP) is 4.84. The van der Waals surface area contributed by atoms with Crippen LogP contribution in [0.1, 0.15) is 11.1 Å². The lowest BCUT2D eigenvalue weighted by molar-refractivity contribution is 0.593. The maximum atomic E-state index is 13.2. The van der Waals surface area contributed by atoms with Crippen LogP contribution in [0.5, 0.6) is 0 Å². The van der Waals surface area contributed by atoms with Gasteiger partial charge in [0.1, 0.15) is 0 Å². The third-order valence-electron chi connectivity index (χ3n) is 4.38. The minimum atomic E-state index is -3.68. The SMILES string of the molecule is C=CCN(c1ccc(C)c(C)c1)S(=O)(=O)c1ccc2ccccc2c1. The van der Waals surface area contributed by atoms with Crippen LogP contribution in [0.3, 0.4) is 0 Å². The van der Waals surface area contributed by atoms with Crippen molar-refractivity contribution in [1.29, 1.82) is 0 Å². The van der Waals surface area contributed by atoms with Gasteiger partial charge in [0.25, 0.3) is 10.0 Å². The summed E-state index contributed by atoms with van der Waals surface area (Å²) in [5.41, 5.74) is 2.84. The zero-order chi connectivity index (χ0) is 18.0. The standard InChI is InChI=1S/C21H21NO2S/c1-4-13-22(20-11-9-16(2)17(3)14-20)25(23,24)21-12-10-18-7-5-6-8-19(18)15-21/h4-12,14-15H,1,13H2,2-3H3. The first-order valence-electron chi connectivity index (χ1n) is 8.13. The first kappa shape index (κ1) is 17.2. The highest BCUT2D eigenvalue weighted by Crippen LogP contribution is 2.27. The van der Waals surface area contributed by atoms with Gasteiger partial charge in [-0.2, -0.15) is 0 Å². The molecule has 0 aliphatic heterocycles. The van der Waals surface area contributed by atoms with E-state index in [2.05, 4.69) is 6.58 Å². The van der Waals surface area contributed by atoms with Crippen LogP contribution in [0.25, 0.3) is 10.8 Å². The van der Waals surface area contributed by atoms with Gasteiger partial charge in [-0.15, -0.1) is 6.58 Å². The minimum Gasteiger partial charge on any atom is -0.263 e. The molecule has 0 amide bonds. The Morgan fingerprint density at radius 2 is 1.64 bits per heavy atom. The maximum absolute atomic E-state index is 13.2. The number of rotatable bonds is 5. The maximum Gasteiger partial charge on any atom is 0.264 e. The van der Waals surface area contributed by atoms with Crippen LogP contribution in [-0.4, -0.2) is 15.0 Å². The highest BCUT2D eigenvalue weighted by atomic mass is 32.2. The fourth-order valence-electron chi connectivity index (χ4n) is 2.80. The number of aryl methyl sites for hydroxylation is 2. The van der Waals surface area contributed by atoms with Crippen molar-refractivity contribution in [3.63, 3.8) is 0 Å². The van der Waals surface area contributed by atoms with E-state index in [1.807, 2.05) is 62.4 Å². The summed E-state index contributed by atoms with van der Waals surface area (Å²) < 4.78 is 27.9. The molecule has 0 saturated carbocycles. The number of benzene rings is 3. The van der Waals surface area contributed by atoms with Crippen LogP contribution in [0.2, 0.25) is 0 Å². The number of anilines is 1. The first-order chi connectivity index (χ1) is 11.9. The summed E-state index contributed by atoms with van der Waals surface area (Å²) >= 11 is 0. The molecule has 0 aliphatic carbocycles. The van der Waals surface area contributed by atoms with Gasteiger partial charge in [0.05, 0.1) is 17.1 Å². The lowest BCUT2D eigenvalue weighted by atomic mass is 10.1. The van der Waals surface area contributed by atoms with Crippen LogP contribution in [0, 0.1) is 13.8 Å². The molecule has 3 aromatic rings. The van der Waals surface area contributed by atoms with Crippen molar-refractivity contribution in [2.45, 2.75) is 18.7 Å². The molecule has 0 spiro atoms. The van der Waals surface area contributed by atoms with Gasteiger partial charge in [-0.1, -0.05) is 42.5 Å². The van der Waals surface area contributed by atoms with Crippen LogP contribution in [-0.2, 0) is 10.0 Å². The van der Waals surface area contributed by atoms with Gasteiger partial charge < -0.3 is 0 Å². The number of nitrogens with zero attached hydrogens (tertiary/aromatic N) is 1. The van der Waals surface area contributed by atoms with Gasteiger partial charge in [-0.25, -0.2) is 8.42 Å². The monoisotopic (exact) mass is 351 g/mol. The van der Waals surface area contributed by atoms with Crippen molar-refractivity contribution in [2.75, 3.05) is 10.8 Å². The van der Waals surface area contributed by atoms with Crippen molar-refractivity contribution in [3.05, 3.63) is 84.4 Å². The smallest absolute Gasteiger partial charge is 0.263 e. The molecule has 3 aromatic carbocycles. The van der Waals surface area contributed by atoms with E-state index in [1.54, 1.807) is 18.2 Å². The number of hydrogen-bond donors (Lipinski definition) is 0. The van der Waals surface area contributed by atoms with Gasteiger partial charge in [-0.3, -0.25) is 4.31 Å². The molecule has 3 rings (SSSR count). The Morgan fingerprint density at radius 3 is 2.32 bits per heavy atom. The molecule has 0 aliphatic rings. The summed E-state index contributed by atoms with van der Waals surface area (Å²) in [4.78, 5) is 0.284. The molecule has 0 saturated heterocycles. The quantitative estimate of drug-likeness (QED) is 0.617. The van der Waals surface area contributed by atoms with Crippen LogP contribution >= 0.6 is 0 Å². The Kier molecular flexibility index (Phi) is 4.64. The summed E-state index contributed by atoms with van der Waals surface area (Å²) in [6, 6.07) is 18.6. The fraction of sp³-hybridized carbons (Fsp3) is 0.143. The Labute approximate surface area is 149 Å².